The van der Waals surface area contributed by atoms with Crippen molar-refractivity contribution in [1.82, 2.24) is 9.78 Å². The number of aryl methyl sites for hydroxylation is 1. The molecule has 1 fully saturated rings. The molecule has 3 aromatic rings. The molecule has 51 heavy (non-hydrogen) atoms. The van der Waals surface area contributed by atoms with Crippen LogP contribution in [-0.4, -0.2) is 59.2 Å². The van der Waals surface area contributed by atoms with Crippen molar-refractivity contribution in [2.75, 3.05) is 18.5 Å². The van der Waals surface area contributed by atoms with Crippen LogP contribution in [0.1, 0.15) is 104 Å². The first-order valence-corrected chi connectivity index (χ1v) is 17.9. The number of ether oxygens (including phenoxy) is 1. The Hall–Kier alpha value is -3.52. The third-order valence-electron chi connectivity index (χ3n) is 10.5. The smallest absolute Gasteiger partial charge is 0.443 e. The first kappa shape index (κ1) is 38.7. The van der Waals surface area contributed by atoms with E-state index in [1.165, 1.54) is 25.2 Å². The van der Waals surface area contributed by atoms with Crippen LogP contribution in [0, 0.1) is 17.0 Å². The molecule has 2 aliphatic rings. The lowest BCUT2D eigenvalue weighted by Crippen LogP contribution is -2.46. The quantitative estimate of drug-likeness (QED) is 0.0666. The fraction of sp³-hybridized carbons (Fsp3) is 0.583. The summed E-state index contributed by atoms with van der Waals surface area (Å²) in [6.45, 7) is 17.4. The molecule has 2 aromatic carbocycles. The zero-order chi connectivity index (χ0) is 37.9. The number of hydrogen-bond donors (Lipinski definition) is 0. The van der Waals surface area contributed by atoms with Crippen molar-refractivity contribution >= 4 is 57.0 Å². The molecule has 0 aliphatic carbocycles. The molecule has 2 aliphatic heterocycles. The largest absolute Gasteiger partial charge is 0.494 e. The SMILES string of the molecule is CN(C(=O)OC(C)(C)C)c1c(F)cc(Br)cc1C(=O)C(C)(CCN=[N+]=[N-])CCC1(C)OB(c2cc(F)c3nn4c(c3c2)C(C)(C)CC4)OC1(C)C. The Balaban J connectivity index is 1.47. The van der Waals surface area contributed by atoms with E-state index < -0.39 is 52.8 Å². The maximum Gasteiger partial charge on any atom is 0.494 e. The van der Waals surface area contributed by atoms with Gasteiger partial charge in [0, 0.05) is 51.3 Å². The molecule has 274 valence electrons. The van der Waals surface area contributed by atoms with Crippen molar-refractivity contribution in [3.63, 3.8) is 0 Å². The van der Waals surface area contributed by atoms with E-state index in [1.807, 2.05) is 31.5 Å². The number of fused-ring (bicyclic) bond motifs is 3. The number of azide groups is 1. The minimum atomic E-state index is -1.21. The Morgan fingerprint density at radius 2 is 1.78 bits per heavy atom. The molecule has 0 saturated carbocycles. The number of aromatic nitrogens is 2. The topological polar surface area (TPSA) is 132 Å². The number of ketones is 1. The number of amides is 1. The number of carbonyl (C=O) groups is 2. The summed E-state index contributed by atoms with van der Waals surface area (Å²) in [5.74, 6) is -1.70. The zero-order valence-electron chi connectivity index (χ0n) is 31.0. The molecule has 1 aromatic heterocycles. The highest BCUT2D eigenvalue weighted by atomic mass is 79.9. The first-order chi connectivity index (χ1) is 23.5. The summed E-state index contributed by atoms with van der Waals surface area (Å²) in [5.41, 5.74) is 6.51. The van der Waals surface area contributed by atoms with Crippen molar-refractivity contribution in [2.24, 2.45) is 10.5 Å². The molecule has 0 N–H and O–H groups in total. The molecule has 1 amide bonds. The Morgan fingerprint density at radius 3 is 2.43 bits per heavy atom. The van der Waals surface area contributed by atoms with Gasteiger partial charge in [0.2, 0.25) is 0 Å². The van der Waals surface area contributed by atoms with Gasteiger partial charge in [-0.3, -0.25) is 14.4 Å². The average molecular weight is 772 g/mol. The van der Waals surface area contributed by atoms with Crippen molar-refractivity contribution in [1.29, 1.82) is 0 Å². The number of Topliss-reactive ketones (excluding diaryl/α,β-unsaturated/α-hetero) is 1. The highest BCUT2D eigenvalue weighted by Crippen LogP contribution is 2.46. The third kappa shape index (κ3) is 7.40. The summed E-state index contributed by atoms with van der Waals surface area (Å²) in [6.07, 6.45) is 0.713. The van der Waals surface area contributed by atoms with Crippen molar-refractivity contribution in [2.45, 2.75) is 117 Å². The van der Waals surface area contributed by atoms with Gasteiger partial charge in [-0.1, -0.05) is 47.9 Å². The van der Waals surface area contributed by atoms with Crippen LogP contribution in [0.3, 0.4) is 0 Å². The monoisotopic (exact) mass is 770 g/mol. The van der Waals surface area contributed by atoms with Crippen molar-refractivity contribution in [3.05, 3.63) is 62.1 Å². The summed E-state index contributed by atoms with van der Waals surface area (Å²) < 4.78 is 52.0. The van der Waals surface area contributed by atoms with Crippen molar-refractivity contribution in [3.8, 4) is 0 Å². The number of halogens is 3. The molecule has 3 heterocycles. The normalized spacial score (nSPS) is 20.5. The number of rotatable bonds is 10. The van der Waals surface area contributed by atoms with Crippen LogP contribution in [0.5, 0.6) is 0 Å². The summed E-state index contributed by atoms with van der Waals surface area (Å²) in [7, 11) is 0.448. The van der Waals surface area contributed by atoms with Crippen LogP contribution in [0.15, 0.2) is 33.9 Å². The zero-order valence-corrected chi connectivity index (χ0v) is 32.6. The Kier molecular flexibility index (Phi) is 10.2. The van der Waals surface area contributed by atoms with Gasteiger partial charge in [0.25, 0.3) is 0 Å². The Morgan fingerprint density at radius 1 is 1.10 bits per heavy atom. The van der Waals surface area contributed by atoms with E-state index >= 15 is 8.78 Å². The molecule has 15 heteroatoms. The van der Waals surface area contributed by atoms with Gasteiger partial charge in [-0.15, -0.1) is 0 Å². The lowest BCUT2D eigenvalue weighted by molar-refractivity contribution is -0.0231. The molecule has 0 radical (unpaired) electrons. The van der Waals surface area contributed by atoms with Crippen LogP contribution < -0.4 is 10.4 Å². The van der Waals surface area contributed by atoms with Gasteiger partial charge < -0.3 is 14.0 Å². The molecule has 0 bridgehead atoms. The van der Waals surface area contributed by atoms with Crippen LogP contribution >= 0.6 is 15.9 Å². The fourth-order valence-corrected chi connectivity index (χ4v) is 7.48. The third-order valence-corrected chi connectivity index (χ3v) is 11.0. The van der Waals surface area contributed by atoms with Gasteiger partial charge in [-0.25, -0.2) is 13.6 Å². The molecule has 2 unspecified atom stereocenters. The standard InChI is InChI=1S/C36H46BBrF2N6O5/c1-32(2,3)49-31(48)45(10)28-24(19-22(38)20-26(28)40)30(47)35(8,13-15-42-44-41)11-12-36(9)34(6,7)50-37(51-36)21-17-23-27(25(39)18-21)43-46-16-14-33(4,5)29(23)46/h17-20H,11-16H2,1-10H3. The highest BCUT2D eigenvalue weighted by molar-refractivity contribution is 9.10. The predicted molar refractivity (Wildman–Crippen MR) is 196 cm³/mol. The molecular weight excluding hydrogens is 725 g/mol. The number of hydrogen-bond acceptors (Lipinski definition) is 7. The second-order valence-corrected chi connectivity index (χ2v) is 17.2. The lowest BCUT2D eigenvalue weighted by atomic mass is 9.71. The van der Waals surface area contributed by atoms with Crippen LogP contribution in [-0.2, 0) is 26.0 Å². The maximum atomic E-state index is 15.7. The molecule has 11 nitrogen and oxygen atoms in total. The van der Waals surface area contributed by atoms with Crippen LogP contribution in [0.2, 0.25) is 0 Å². The summed E-state index contributed by atoms with van der Waals surface area (Å²) in [4.78, 5) is 31.5. The average Bonchev–Trinajstić information content (AvgIpc) is 3.62. The molecular formula is C36H46BBrF2N6O5. The Bertz CT molecular complexity index is 1940. The summed E-state index contributed by atoms with van der Waals surface area (Å²) >= 11 is 3.30. The van der Waals surface area contributed by atoms with E-state index in [1.54, 1.807) is 27.7 Å². The van der Waals surface area contributed by atoms with E-state index in [9.17, 15) is 9.59 Å². The van der Waals surface area contributed by atoms with E-state index in [2.05, 4.69) is 44.9 Å². The molecule has 2 atom stereocenters. The van der Waals surface area contributed by atoms with Gasteiger partial charge in [0.1, 0.15) is 16.9 Å². The van der Waals surface area contributed by atoms with Crippen LogP contribution in [0.25, 0.3) is 21.3 Å². The van der Waals surface area contributed by atoms with E-state index in [0.29, 0.717) is 21.9 Å². The second kappa shape index (κ2) is 13.5. The molecule has 5 rings (SSSR count). The number of nitrogens with zero attached hydrogens (tertiary/aromatic N) is 6. The minimum Gasteiger partial charge on any atom is -0.443 e. The maximum absolute atomic E-state index is 15.7. The Labute approximate surface area is 306 Å². The number of carbonyl (C=O) groups excluding carboxylic acids is 2. The summed E-state index contributed by atoms with van der Waals surface area (Å²) in [5, 5.41) is 8.97. The van der Waals surface area contributed by atoms with Gasteiger partial charge in [0.15, 0.2) is 11.6 Å². The second-order valence-electron chi connectivity index (χ2n) is 16.3. The van der Waals surface area contributed by atoms with Gasteiger partial charge in [-0.05, 0) is 96.4 Å². The molecule has 0 spiro atoms. The summed E-state index contributed by atoms with van der Waals surface area (Å²) in [6, 6.07) is 5.96. The van der Waals surface area contributed by atoms with Gasteiger partial charge in [0.05, 0.1) is 22.6 Å². The van der Waals surface area contributed by atoms with E-state index in [0.717, 1.165) is 28.9 Å². The van der Waals surface area contributed by atoms with Gasteiger partial charge >= 0.3 is 13.2 Å². The minimum absolute atomic E-state index is 0.00178. The van der Waals surface area contributed by atoms with Crippen molar-refractivity contribution < 1.29 is 32.4 Å². The van der Waals surface area contributed by atoms with Crippen LogP contribution in [0.4, 0.5) is 19.3 Å². The predicted octanol–water partition coefficient (Wildman–Crippen LogP) is 8.78. The number of benzene rings is 2. The number of anilines is 1. The van der Waals surface area contributed by atoms with E-state index in [-0.39, 0.29) is 36.1 Å². The van der Waals surface area contributed by atoms with Gasteiger partial charge in [-0.2, -0.15) is 5.10 Å². The highest BCUT2D eigenvalue weighted by Gasteiger charge is 2.55. The fourth-order valence-electron chi connectivity index (χ4n) is 7.05. The first-order valence-electron chi connectivity index (χ1n) is 17.1. The molecule has 1 saturated heterocycles. The lowest BCUT2D eigenvalue weighted by Gasteiger charge is -2.39. The van der Waals surface area contributed by atoms with E-state index in [4.69, 9.17) is 19.6 Å².